The first-order valence-electron chi connectivity index (χ1n) is 30.7. The molecule has 0 aliphatic carbocycles. The number of hydrogen-bond donors (Lipinski definition) is 0. The molecule has 0 aliphatic rings. The molecule has 0 aliphatic heterocycles. The number of rotatable bonds is 47. The molecule has 0 amide bonds. The van der Waals surface area contributed by atoms with Gasteiger partial charge in [-0.25, -0.2) is 0 Å². The van der Waals surface area contributed by atoms with Crippen LogP contribution in [-0.2, 0) is 0 Å². The lowest BCUT2D eigenvalue weighted by atomic mass is 9.81. The van der Waals surface area contributed by atoms with Gasteiger partial charge in [-0.2, -0.15) is 0 Å². The third-order valence-electron chi connectivity index (χ3n) is 14.8. The number of hydrogen-bond acceptors (Lipinski definition) is 0. The van der Waals surface area contributed by atoms with Crippen LogP contribution in [0.1, 0.15) is 345 Å². The molecule has 0 saturated carbocycles. The smallest absolute Gasteiger partial charge is 0.0248 e. The van der Waals surface area contributed by atoms with Crippen molar-refractivity contribution in [3.8, 4) is 23.7 Å². The van der Waals surface area contributed by atoms with Crippen molar-refractivity contribution in [3.05, 3.63) is 77.2 Å². The van der Waals surface area contributed by atoms with Gasteiger partial charge in [-0.15, -0.1) is 0 Å². The summed E-state index contributed by atoms with van der Waals surface area (Å²) in [5.41, 5.74) is 5.05. The Kier molecular flexibility index (Phi) is 43.7. The Morgan fingerprint density at radius 2 is 0.603 bits per heavy atom. The van der Waals surface area contributed by atoms with Gasteiger partial charge in [0.25, 0.3) is 0 Å². The van der Waals surface area contributed by atoms with Gasteiger partial charge in [-0.05, 0) is 60.6 Å². The lowest BCUT2D eigenvalue weighted by molar-refractivity contribution is 0.511. The van der Waals surface area contributed by atoms with Crippen LogP contribution in [0, 0.1) is 36.0 Å². The Morgan fingerprint density at radius 1 is 0.338 bits per heavy atom. The van der Waals surface area contributed by atoms with Crippen LogP contribution < -0.4 is 0 Å². The highest BCUT2D eigenvalue weighted by Crippen LogP contribution is 2.33. The third-order valence-corrected chi connectivity index (χ3v) is 14.8. The van der Waals surface area contributed by atoms with Gasteiger partial charge in [0, 0.05) is 29.9 Å². The Balaban J connectivity index is 1.73. The fourth-order valence-electron chi connectivity index (χ4n) is 10.3. The summed E-state index contributed by atoms with van der Waals surface area (Å²) in [5, 5.41) is 0. The second-order valence-electron chi connectivity index (χ2n) is 21.6. The van der Waals surface area contributed by atoms with Gasteiger partial charge in [0.2, 0.25) is 0 Å². The largest absolute Gasteiger partial charge is 0.0979 e. The molecule has 0 heterocycles. The second kappa shape index (κ2) is 48.2. The molecule has 2 aromatic rings. The highest BCUT2D eigenvalue weighted by molar-refractivity contribution is 5.46. The molecule has 1 atom stereocenters. The van der Waals surface area contributed by atoms with Gasteiger partial charge in [-0.3, -0.25) is 0 Å². The van der Waals surface area contributed by atoms with Crippen LogP contribution in [0.4, 0.5) is 0 Å². The van der Waals surface area contributed by atoms with Crippen molar-refractivity contribution in [2.24, 2.45) is 5.92 Å². The van der Waals surface area contributed by atoms with Gasteiger partial charge < -0.3 is 0 Å². The van der Waals surface area contributed by atoms with E-state index in [4.69, 9.17) is 0 Å². The third kappa shape index (κ3) is 37.4. The van der Waals surface area contributed by atoms with Crippen molar-refractivity contribution in [2.75, 3.05) is 0 Å². The van der Waals surface area contributed by atoms with Crippen molar-refractivity contribution in [1.82, 2.24) is 0 Å². The quantitative estimate of drug-likeness (QED) is 0.0458. The van der Waals surface area contributed by atoms with Crippen LogP contribution in [0.2, 0.25) is 0 Å². The van der Waals surface area contributed by atoms with E-state index < -0.39 is 0 Å². The first-order valence-corrected chi connectivity index (χ1v) is 30.7. The molecule has 2 rings (SSSR count). The average molecular weight is 931 g/mol. The maximum absolute atomic E-state index is 3.56. The standard InChI is InChI=1S/C68H113/c1-5-8-11-14-17-19-21-23-25-27-29-31-33-35-37-39-41-43-46-49-54-64-56-51-58-66(61-64)68(60-63(4)53-48-45-16-13-10-7-3)67-59-52-57-65(62-67)55-50-47-44-42-40-38-36-34-32-30-28-26-24-22-20-18-15-12-9-6-2/h51-52,56-63,68H,5-48,53H2,1-4H3. The van der Waals surface area contributed by atoms with Crippen LogP contribution in [0.5, 0.6) is 0 Å². The highest BCUT2D eigenvalue weighted by Gasteiger charge is 2.19. The molecule has 0 bridgehead atoms. The van der Waals surface area contributed by atoms with Crippen molar-refractivity contribution < 1.29 is 0 Å². The van der Waals surface area contributed by atoms with E-state index in [0.29, 0.717) is 5.92 Å². The fraction of sp³-hybridized carbons (Fsp3) is 0.750. The zero-order valence-electron chi connectivity index (χ0n) is 46.2. The lowest BCUT2D eigenvalue weighted by Crippen LogP contribution is -2.09. The van der Waals surface area contributed by atoms with Gasteiger partial charge in [0.05, 0.1) is 0 Å². The molecule has 2 aromatic carbocycles. The molecule has 68 heavy (non-hydrogen) atoms. The van der Waals surface area contributed by atoms with E-state index in [2.05, 4.69) is 106 Å². The van der Waals surface area contributed by atoms with E-state index in [1.54, 1.807) is 0 Å². The normalized spacial score (nSPS) is 11.7. The monoisotopic (exact) mass is 930 g/mol. The van der Waals surface area contributed by atoms with E-state index in [0.717, 1.165) is 24.0 Å². The number of unbranched alkanes of at least 4 members (excludes halogenated alkanes) is 41. The number of benzene rings is 2. The average Bonchev–Trinajstić information content (AvgIpc) is 3.35. The highest BCUT2D eigenvalue weighted by atomic mass is 14.2. The van der Waals surface area contributed by atoms with Gasteiger partial charge in [0.15, 0.2) is 0 Å². The van der Waals surface area contributed by atoms with Crippen LogP contribution >= 0.6 is 0 Å². The topological polar surface area (TPSA) is 0 Å². The summed E-state index contributed by atoms with van der Waals surface area (Å²) >= 11 is 0. The van der Waals surface area contributed by atoms with Gasteiger partial charge in [-0.1, -0.05) is 339 Å². The van der Waals surface area contributed by atoms with E-state index in [1.807, 2.05) is 0 Å². The maximum Gasteiger partial charge on any atom is 0.0248 e. The minimum atomic E-state index is 0.249. The molecular weight excluding hydrogens is 817 g/mol. The van der Waals surface area contributed by atoms with Crippen LogP contribution in [-0.4, -0.2) is 0 Å². The first kappa shape index (κ1) is 61.7. The summed E-state index contributed by atoms with van der Waals surface area (Å²) in [6, 6.07) is 18.3. The lowest BCUT2D eigenvalue weighted by Gasteiger charge is -2.22. The molecule has 0 spiro atoms. The molecule has 1 radical (unpaired) electrons. The maximum atomic E-state index is 3.56. The SMILES string of the molecule is CCCCCCCCCCCCCCCCCCCCC#Cc1cccc(C([CH]C(C)CCCCCCCC)c2cccc(C#CCCCCCCCCCCCCCCCCCCCC)c2)c1. The van der Waals surface area contributed by atoms with E-state index in [-0.39, 0.29) is 5.92 Å². The van der Waals surface area contributed by atoms with Gasteiger partial charge in [0.1, 0.15) is 0 Å². The van der Waals surface area contributed by atoms with E-state index in [1.165, 1.54) is 287 Å². The van der Waals surface area contributed by atoms with Crippen molar-refractivity contribution in [2.45, 2.75) is 323 Å². The zero-order chi connectivity index (χ0) is 48.5. The molecule has 0 fully saturated rings. The van der Waals surface area contributed by atoms with E-state index in [9.17, 15) is 0 Å². The van der Waals surface area contributed by atoms with E-state index >= 15 is 0 Å². The summed E-state index contributed by atoms with van der Waals surface area (Å²) in [4.78, 5) is 0. The fourth-order valence-corrected chi connectivity index (χ4v) is 10.3. The molecule has 0 saturated heterocycles. The van der Waals surface area contributed by atoms with Crippen LogP contribution in [0.15, 0.2) is 48.5 Å². The Hall–Kier alpha value is -2.44. The molecule has 0 aromatic heterocycles. The van der Waals surface area contributed by atoms with Crippen LogP contribution in [0.25, 0.3) is 0 Å². The molecule has 0 heteroatoms. The summed E-state index contributed by atoms with van der Waals surface area (Å²) in [5.74, 6) is 15.0. The summed E-state index contributed by atoms with van der Waals surface area (Å²) in [6.07, 6.45) is 65.1. The molecular formula is C68H113. The molecule has 1 unspecified atom stereocenters. The Labute approximate surface area is 427 Å². The minimum absolute atomic E-state index is 0.249. The Morgan fingerprint density at radius 3 is 0.897 bits per heavy atom. The second-order valence-corrected chi connectivity index (χ2v) is 21.6. The zero-order valence-corrected chi connectivity index (χ0v) is 46.2. The van der Waals surface area contributed by atoms with Gasteiger partial charge >= 0.3 is 0 Å². The summed E-state index contributed by atoms with van der Waals surface area (Å²) in [7, 11) is 0. The Bertz CT molecular complexity index is 1390. The summed E-state index contributed by atoms with van der Waals surface area (Å²) < 4.78 is 0. The first-order chi connectivity index (χ1) is 33.7. The van der Waals surface area contributed by atoms with Crippen LogP contribution in [0.3, 0.4) is 0 Å². The summed E-state index contributed by atoms with van der Waals surface area (Å²) in [6.45, 7) is 9.36. The van der Waals surface area contributed by atoms with Crippen molar-refractivity contribution in [1.29, 1.82) is 0 Å². The predicted octanol–water partition coefficient (Wildman–Crippen LogP) is 23.0. The van der Waals surface area contributed by atoms with Crippen molar-refractivity contribution in [3.63, 3.8) is 0 Å². The molecule has 0 nitrogen and oxygen atoms in total. The van der Waals surface area contributed by atoms with Crippen molar-refractivity contribution >= 4 is 0 Å². The minimum Gasteiger partial charge on any atom is -0.0979 e. The molecule has 385 valence electrons. The molecule has 0 N–H and O–H groups in total. The predicted molar refractivity (Wildman–Crippen MR) is 307 cm³/mol.